The Morgan fingerprint density at radius 1 is 0.806 bits per heavy atom. The van der Waals surface area contributed by atoms with Crippen LogP contribution in [-0.4, -0.2) is 25.2 Å². The predicted octanol–water partition coefficient (Wildman–Crippen LogP) is 4.99. The highest BCUT2D eigenvalue weighted by Gasteiger charge is 2.31. The van der Waals surface area contributed by atoms with E-state index in [4.69, 9.17) is 18.9 Å². The van der Waals surface area contributed by atoms with Crippen LogP contribution in [-0.2, 0) is 15.0 Å². The molecule has 0 aliphatic heterocycles. The van der Waals surface area contributed by atoms with Crippen LogP contribution in [0.5, 0.6) is 23.0 Å². The van der Waals surface area contributed by atoms with Gasteiger partial charge in [0.15, 0.2) is 0 Å². The first-order chi connectivity index (χ1) is 14.8. The van der Waals surface area contributed by atoms with Crippen LogP contribution >= 0.6 is 0 Å². The molecule has 2 aromatic carbocycles. The summed E-state index contributed by atoms with van der Waals surface area (Å²) in [5.74, 6) is 0.822. The minimum atomic E-state index is -0.545. The van der Waals surface area contributed by atoms with E-state index in [2.05, 4.69) is 13.2 Å². The molecule has 0 unspecified atom stereocenters. The molecule has 0 bridgehead atoms. The van der Waals surface area contributed by atoms with Crippen LogP contribution in [0.25, 0.3) is 0 Å². The van der Waals surface area contributed by atoms with E-state index in [1.807, 2.05) is 39.8 Å². The zero-order valence-corrected chi connectivity index (χ0v) is 18.4. The number of esters is 2. The summed E-state index contributed by atoms with van der Waals surface area (Å²) in [4.78, 5) is 23.1. The fraction of sp³-hybridized carbons (Fsp3) is 0.280. The van der Waals surface area contributed by atoms with Crippen LogP contribution in [0.4, 0.5) is 0 Å². The Labute approximate surface area is 183 Å². The predicted molar refractivity (Wildman–Crippen MR) is 119 cm³/mol. The first-order valence-corrected chi connectivity index (χ1v) is 9.99. The van der Waals surface area contributed by atoms with Crippen LogP contribution in [0.3, 0.4) is 0 Å². The maximum atomic E-state index is 11.6. The lowest BCUT2D eigenvalue weighted by Crippen LogP contribution is -2.22. The Hall–Kier alpha value is -3.54. The Balaban J connectivity index is 2.53. The first-order valence-electron chi connectivity index (χ1n) is 9.99. The molecule has 0 fully saturated rings. The molecule has 0 atom stereocenters. The van der Waals surface area contributed by atoms with E-state index in [9.17, 15) is 9.59 Å². The van der Waals surface area contributed by atoms with E-state index < -0.39 is 17.4 Å². The number of benzene rings is 2. The van der Waals surface area contributed by atoms with Crippen molar-refractivity contribution < 1.29 is 28.5 Å². The summed E-state index contributed by atoms with van der Waals surface area (Å²) in [7, 11) is 0. The molecule has 2 aromatic rings. The van der Waals surface area contributed by atoms with Gasteiger partial charge in [0.25, 0.3) is 0 Å². The van der Waals surface area contributed by atoms with Gasteiger partial charge in [0.1, 0.15) is 23.0 Å². The van der Waals surface area contributed by atoms with Crippen molar-refractivity contribution in [2.24, 2.45) is 0 Å². The number of rotatable bonds is 10. The molecule has 0 radical (unpaired) electrons. The van der Waals surface area contributed by atoms with Crippen molar-refractivity contribution in [3.63, 3.8) is 0 Å². The van der Waals surface area contributed by atoms with E-state index in [1.54, 1.807) is 24.3 Å². The molecule has 0 aromatic heterocycles. The topological polar surface area (TPSA) is 71.1 Å². The van der Waals surface area contributed by atoms with Crippen molar-refractivity contribution in [1.82, 2.24) is 0 Å². The maximum absolute atomic E-state index is 11.6. The molecular weight excluding hydrogens is 396 g/mol. The Morgan fingerprint density at radius 2 is 1.19 bits per heavy atom. The van der Waals surface area contributed by atoms with E-state index in [0.29, 0.717) is 36.2 Å². The van der Waals surface area contributed by atoms with Gasteiger partial charge >= 0.3 is 11.9 Å². The molecule has 6 nitrogen and oxygen atoms in total. The van der Waals surface area contributed by atoms with Gasteiger partial charge in [-0.2, -0.15) is 0 Å². The van der Waals surface area contributed by atoms with Crippen molar-refractivity contribution in [3.8, 4) is 23.0 Å². The molecule has 0 saturated carbocycles. The SMILES string of the molecule is C=CC(=O)Oc1ccc(C(C)(C)c2ccc(OC(=O)C=C)cc2OCC)c(OCC)c1. The lowest BCUT2D eigenvalue weighted by Gasteiger charge is -2.30. The van der Waals surface area contributed by atoms with Gasteiger partial charge in [-0.15, -0.1) is 0 Å². The van der Waals surface area contributed by atoms with Gasteiger partial charge in [0.2, 0.25) is 0 Å². The van der Waals surface area contributed by atoms with Crippen molar-refractivity contribution in [1.29, 1.82) is 0 Å². The van der Waals surface area contributed by atoms with Gasteiger partial charge in [-0.3, -0.25) is 0 Å². The third-order valence-corrected chi connectivity index (χ3v) is 4.62. The summed E-state index contributed by atoms with van der Waals surface area (Å²) < 4.78 is 22.2. The molecule has 2 rings (SSSR count). The Kier molecular flexibility index (Phi) is 8.02. The van der Waals surface area contributed by atoms with Gasteiger partial charge in [0.05, 0.1) is 13.2 Å². The van der Waals surface area contributed by atoms with Crippen LogP contribution in [0.1, 0.15) is 38.8 Å². The number of carbonyl (C=O) groups excluding carboxylic acids is 2. The molecule has 0 spiro atoms. The zero-order chi connectivity index (χ0) is 23.0. The molecule has 6 heteroatoms. The molecule has 0 aliphatic rings. The van der Waals surface area contributed by atoms with Gasteiger partial charge in [-0.1, -0.05) is 39.1 Å². The number of hydrogen-bond donors (Lipinski definition) is 0. The summed E-state index contributed by atoms with van der Waals surface area (Å²) in [5.41, 5.74) is 1.21. The average molecular weight is 424 g/mol. The second kappa shape index (κ2) is 10.5. The van der Waals surface area contributed by atoms with Gasteiger partial charge in [-0.05, 0) is 26.0 Å². The second-order valence-electron chi connectivity index (χ2n) is 7.06. The largest absolute Gasteiger partial charge is 0.493 e. The van der Waals surface area contributed by atoms with Crippen LogP contribution in [0.2, 0.25) is 0 Å². The standard InChI is InChI=1S/C25H28O6/c1-7-23(26)30-17-11-13-19(21(15-17)28-9-3)25(5,6)20-14-12-18(31-24(27)8-2)16-22(20)29-10-4/h7-8,11-16H,1-2,9-10H2,3-6H3. The van der Waals surface area contributed by atoms with Gasteiger partial charge in [0, 0.05) is 40.8 Å². The van der Waals surface area contributed by atoms with Gasteiger partial charge < -0.3 is 18.9 Å². The van der Waals surface area contributed by atoms with Crippen LogP contribution in [0, 0.1) is 0 Å². The summed E-state index contributed by atoms with van der Waals surface area (Å²) in [5, 5.41) is 0. The first kappa shape index (κ1) is 23.7. The highest BCUT2D eigenvalue weighted by Crippen LogP contribution is 2.43. The smallest absolute Gasteiger partial charge is 0.335 e. The van der Waals surface area contributed by atoms with Crippen LogP contribution in [0.15, 0.2) is 61.7 Å². The van der Waals surface area contributed by atoms with Crippen molar-refractivity contribution in [2.45, 2.75) is 33.1 Å². The minimum absolute atomic E-state index is 0.365. The lowest BCUT2D eigenvalue weighted by molar-refractivity contribution is -0.129. The third kappa shape index (κ3) is 5.75. The van der Waals surface area contributed by atoms with Crippen molar-refractivity contribution >= 4 is 11.9 Å². The number of carbonyl (C=O) groups is 2. The quantitative estimate of drug-likeness (QED) is 0.304. The average Bonchev–Trinajstić information content (AvgIpc) is 2.74. The fourth-order valence-corrected chi connectivity index (χ4v) is 3.18. The maximum Gasteiger partial charge on any atom is 0.335 e. The molecule has 0 N–H and O–H groups in total. The molecule has 0 heterocycles. The van der Waals surface area contributed by atoms with E-state index in [0.717, 1.165) is 23.3 Å². The second-order valence-corrected chi connectivity index (χ2v) is 7.06. The summed E-state index contributed by atoms with van der Waals surface area (Å²) >= 11 is 0. The Bertz CT molecular complexity index is 896. The van der Waals surface area contributed by atoms with E-state index in [-0.39, 0.29) is 0 Å². The monoisotopic (exact) mass is 424 g/mol. The van der Waals surface area contributed by atoms with Crippen LogP contribution < -0.4 is 18.9 Å². The molecule has 0 amide bonds. The molecule has 0 saturated heterocycles. The number of ether oxygens (including phenoxy) is 4. The molecule has 0 aliphatic carbocycles. The summed E-state index contributed by atoms with van der Waals surface area (Å²) in [6, 6.07) is 10.5. The minimum Gasteiger partial charge on any atom is -0.493 e. The Morgan fingerprint density at radius 3 is 1.52 bits per heavy atom. The third-order valence-electron chi connectivity index (χ3n) is 4.62. The molecule has 31 heavy (non-hydrogen) atoms. The van der Waals surface area contributed by atoms with Crippen molar-refractivity contribution in [2.75, 3.05) is 13.2 Å². The lowest BCUT2D eigenvalue weighted by atomic mass is 9.77. The number of hydrogen-bond acceptors (Lipinski definition) is 6. The fourth-order valence-electron chi connectivity index (χ4n) is 3.18. The van der Waals surface area contributed by atoms with E-state index in [1.165, 1.54) is 0 Å². The highest BCUT2D eigenvalue weighted by atomic mass is 16.5. The summed E-state index contributed by atoms with van der Waals surface area (Å²) in [6.07, 6.45) is 2.21. The normalized spacial score (nSPS) is 10.7. The molecule has 164 valence electrons. The zero-order valence-electron chi connectivity index (χ0n) is 18.4. The van der Waals surface area contributed by atoms with E-state index >= 15 is 0 Å². The van der Waals surface area contributed by atoms with Crippen molar-refractivity contribution in [3.05, 3.63) is 72.8 Å². The summed E-state index contributed by atoms with van der Waals surface area (Å²) in [6.45, 7) is 15.5. The highest BCUT2D eigenvalue weighted by molar-refractivity contribution is 5.84. The molecular formula is C25H28O6. The van der Waals surface area contributed by atoms with Gasteiger partial charge in [-0.25, -0.2) is 9.59 Å².